The number of pyridine rings is 1. The number of aromatic nitrogens is 7. The summed E-state index contributed by atoms with van der Waals surface area (Å²) >= 11 is 6.04. The number of Topliss-reactive ketones (excluding diaryl/α,β-unsaturated/α-hetero) is 1. The Morgan fingerprint density at radius 2 is 1.86 bits per heavy atom. The van der Waals surface area contributed by atoms with E-state index < -0.39 is 23.7 Å². The Morgan fingerprint density at radius 1 is 1.11 bits per heavy atom. The summed E-state index contributed by atoms with van der Waals surface area (Å²) in [4.78, 5) is 21.9. The molecule has 0 saturated heterocycles. The Labute approximate surface area is 208 Å². The largest absolute Gasteiger partial charge is 0.420 e. The van der Waals surface area contributed by atoms with Gasteiger partial charge in [0.15, 0.2) is 16.6 Å². The minimum Gasteiger partial charge on any atom is -0.382 e. The van der Waals surface area contributed by atoms with Crippen molar-refractivity contribution in [1.29, 1.82) is 0 Å². The van der Waals surface area contributed by atoms with Crippen molar-refractivity contribution in [2.24, 2.45) is 0 Å². The monoisotopic (exact) mass is 523 g/mol. The second-order valence-corrected chi connectivity index (χ2v) is 8.22. The molecule has 0 N–H and O–H groups in total. The summed E-state index contributed by atoms with van der Waals surface area (Å²) in [6, 6.07) is 2.45. The third kappa shape index (κ3) is 5.69. The van der Waals surface area contributed by atoms with Crippen LogP contribution < -0.4 is 0 Å². The summed E-state index contributed by atoms with van der Waals surface area (Å²) in [6.07, 6.45) is -0.394. The molecule has 36 heavy (non-hydrogen) atoms. The number of halogens is 4. The van der Waals surface area contributed by atoms with E-state index >= 15 is 0 Å². The van der Waals surface area contributed by atoms with Crippen molar-refractivity contribution in [1.82, 2.24) is 34.6 Å². The first kappa shape index (κ1) is 25.7. The zero-order chi connectivity index (χ0) is 25.9. The Balaban J connectivity index is 1.60. The van der Waals surface area contributed by atoms with Crippen LogP contribution in [-0.4, -0.2) is 60.7 Å². The maximum atomic E-state index is 13.7. The Bertz CT molecular complexity index is 1360. The lowest BCUT2D eigenvalue weighted by Gasteiger charge is -2.18. The van der Waals surface area contributed by atoms with E-state index in [0.717, 1.165) is 10.9 Å². The van der Waals surface area contributed by atoms with E-state index in [1.165, 1.54) is 29.3 Å². The van der Waals surface area contributed by atoms with Crippen LogP contribution >= 0.6 is 11.6 Å². The number of nitrogens with zero attached hydrogens (tertiary/aromatic N) is 7. The van der Waals surface area contributed by atoms with E-state index in [9.17, 15) is 18.0 Å². The molecule has 190 valence electrons. The zero-order valence-electron chi connectivity index (χ0n) is 19.2. The number of alkyl halides is 3. The lowest BCUT2D eigenvalue weighted by molar-refractivity contribution is -0.138. The van der Waals surface area contributed by atoms with Crippen molar-refractivity contribution in [3.05, 3.63) is 64.5 Å². The molecule has 0 aliphatic carbocycles. The van der Waals surface area contributed by atoms with E-state index in [1.807, 2.05) is 0 Å². The average molecular weight is 524 g/mol. The van der Waals surface area contributed by atoms with Crippen molar-refractivity contribution in [2.75, 3.05) is 20.3 Å². The molecular formula is C22H21ClF3N7O3. The van der Waals surface area contributed by atoms with Gasteiger partial charge in [-0.05, 0) is 18.6 Å². The Morgan fingerprint density at radius 3 is 2.56 bits per heavy atom. The van der Waals surface area contributed by atoms with Crippen LogP contribution in [0, 0.1) is 0 Å². The molecule has 4 aromatic heterocycles. The molecule has 0 spiro atoms. The van der Waals surface area contributed by atoms with Crippen molar-refractivity contribution in [3.8, 4) is 5.82 Å². The second kappa shape index (κ2) is 10.7. The second-order valence-electron chi connectivity index (χ2n) is 7.83. The van der Waals surface area contributed by atoms with Gasteiger partial charge in [-0.15, -0.1) is 4.80 Å². The van der Waals surface area contributed by atoms with E-state index in [-0.39, 0.29) is 29.3 Å². The fourth-order valence-corrected chi connectivity index (χ4v) is 3.88. The van der Waals surface area contributed by atoms with Crippen molar-refractivity contribution >= 4 is 23.0 Å². The third-order valence-electron chi connectivity index (χ3n) is 5.24. The number of ether oxygens (including phenoxy) is 2. The van der Waals surface area contributed by atoms with Crippen LogP contribution in [0.15, 0.2) is 36.9 Å². The highest BCUT2D eigenvalue weighted by molar-refractivity contribution is 6.29. The molecule has 10 nitrogen and oxygen atoms in total. The van der Waals surface area contributed by atoms with Gasteiger partial charge in [0.25, 0.3) is 0 Å². The number of ketones is 1. The summed E-state index contributed by atoms with van der Waals surface area (Å²) in [7, 11) is 1.55. The fraction of sp³-hybridized carbons (Fsp3) is 0.364. The van der Waals surface area contributed by atoms with Gasteiger partial charge in [-0.3, -0.25) is 4.79 Å². The molecule has 14 heteroatoms. The van der Waals surface area contributed by atoms with Crippen LogP contribution in [0.25, 0.3) is 11.5 Å². The van der Waals surface area contributed by atoms with Gasteiger partial charge in [-0.1, -0.05) is 11.6 Å². The number of rotatable bonds is 10. The first-order chi connectivity index (χ1) is 17.2. The van der Waals surface area contributed by atoms with E-state index in [2.05, 4.69) is 25.3 Å². The predicted molar refractivity (Wildman–Crippen MR) is 121 cm³/mol. The van der Waals surface area contributed by atoms with Crippen LogP contribution in [0.2, 0.25) is 5.15 Å². The number of methoxy groups -OCH3 is 1. The summed E-state index contributed by atoms with van der Waals surface area (Å²) in [5.74, 6) is -0.821. The minimum atomic E-state index is -4.72. The van der Waals surface area contributed by atoms with Crippen LogP contribution in [0.4, 0.5) is 13.2 Å². The van der Waals surface area contributed by atoms with Crippen LogP contribution in [-0.2, 0) is 33.3 Å². The molecule has 0 aromatic carbocycles. The van der Waals surface area contributed by atoms with Gasteiger partial charge in [0, 0.05) is 44.0 Å². The molecule has 0 unspecified atom stereocenters. The molecule has 0 saturated carbocycles. The fourth-order valence-electron chi connectivity index (χ4n) is 3.71. The van der Waals surface area contributed by atoms with E-state index in [4.69, 9.17) is 21.1 Å². The molecule has 1 atom stereocenters. The molecule has 0 radical (unpaired) electrons. The SMILES string of the molecule is COCCO[C@@H](C)c1c(CC(=O)Cc2cnc(-n3nccn3)c(C(F)(F)F)c2)cnc2cc(Cl)nn12. The molecule has 0 aliphatic rings. The topological polar surface area (TPSA) is 109 Å². The first-order valence-corrected chi connectivity index (χ1v) is 11.1. The number of fused-ring (bicyclic) bond motifs is 1. The third-order valence-corrected chi connectivity index (χ3v) is 5.42. The van der Waals surface area contributed by atoms with Gasteiger partial charge in [0.05, 0.1) is 37.4 Å². The van der Waals surface area contributed by atoms with Gasteiger partial charge in [0.1, 0.15) is 11.3 Å². The highest BCUT2D eigenvalue weighted by Crippen LogP contribution is 2.33. The Kier molecular flexibility index (Phi) is 7.62. The van der Waals surface area contributed by atoms with Crippen molar-refractivity contribution in [2.45, 2.75) is 32.0 Å². The summed E-state index contributed by atoms with van der Waals surface area (Å²) in [5, 5.41) is 11.9. The Hall–Kier alpha value is -3.42. The zero-order valence-corrected chi connectivity index (χ0v) is 20.0. The average Bonchev–Trinajstić information content (AvgIpc) is 3.47. The lowest BCUT2D eigenvalue weighted by atomic mass is 10.0. The van der Waals surface area contributed by atoms with Gasteiger partial charge in [-0.25, -0.2) is 14.5 Å². The number of hydrogen-bond acceptors (Lipinski definition) is 8. The maximum absolute atomic E-state index is 13.7. The lowest BCUT2D eigenvalue weighted by Crippen LogP contribution is -2.18. The van der Waals surface area contributed by atoms with Gasteiger partial charge in [-0.2, -0.15) is 28.5 Å². The summed E-state index contributed by atoms with van der Waals surface area (Å²) in [5.41, 5.74) is 0.601. The summed E-state index contributed by atoms with van der Waals surface area (Å²) in [6.45, 7) is 2.45. The molecule has 0 fully saturated rings. The van der Waals surface area contributed by atoms with Crippen LogP contribution in [0.5, 0.6) is 0 Å². The molecule has 0 amide bonds. The molecule has 4 aromatic rings. The van der Waals surface area contributed by atoms with Crippen LogP contribution in [0.1, 0.15) is 35.4 Å². The smallest absolute Gasteiger partial charge is 0.382 e. The van der Waals surface area contributed by atoms with Crippen molar-refractivity contribution in [3.63, 3.8) is 0 Å². The van der Waals surface area contributed by atoms with Gasteiger partial charge < -0.3 is 9.47 Å². The van der Waals surface area contributed by atoms with Gasteiger partial charge in [0.2, 0.25) is 0 Å². The van der Waals surface area contributed by atoms with Crippen LogP contribution in [0.3, 0.4) is 0 Å². The maximum Gasteiger partial charge on any atom is 0.420 e. The first-order valence-electron chi connectivity index (χ1n) is 10.8. The molecular weight excluding hydrogens is 503 g/mol. The quantitative estimate of drug-likeness (QED) is 0.291. The molecule has 0 bridgehead atoms. The highest BCUT2D eigenvalue weighted by atomic mass is 35.5. The molecule has 4 heterocycles. The molecule has 0 aliphatic heterocycles. The summed E-state index contributed by atoms with van der Waals surface area (Å²) < 4.78 is 53.4. The van der Waals surface area contributed by atoms with Gasteiger partial charge >= 0.3 is 6.18 Å². The molecule has 4 rings (SSSR count). The van der Waals surface area contributed by atoms with E-state index in [1.54, 1.807) is 20.1 Å². The van der Waals surface area contributed by atoms with Crippen molar-refractivity contribution < 1.29 is 27.4 Å². The number of carbonyl (C=O) groups is 1. The number of hydrogen-bond donors (Lipinski definition) is 0. The highest BCUT2D eigenvalue weighted by Gasteiger charge is 2.36. The predicted octanol–water partition coefficient (Wildman–Crippen LogP) is 3.46. The number of carbonyl (C=O) groups excluding carboxylic acids is 1. The normalized spacial score (nSPS) is 12.8. The van der Waals surface area contributed by atoms with E-state index in [0.29, 0.717) is 30.1 Å². The minimum absolute atomic E-state index is 0.102. The standard InChI is InChI=1S/C22H21ClF3N7O3/c1-13(36-6-5-35-2)20-15(12-27-19-10-18(23)31-32(19)20)9-16(34)7-14-8-17(22(24,25)26)21(28-11-14)33-29-3-4-30-33/h3-4,8,10-13H,5-7,9H2,1-2H3/t13-/m0/s1.